The minimum Gasteiger partial charge on any atom is -0.462 e. The molecule has 1 fully saturated rings. The molecule has 0 bridgehead atoms. The smallest absolute Gasteiger partial charge is 0.306 e. The minimum atomic E-state index is -0.0810. The normalized spacial score (nSPS) is 15.8. The third kappa shape index (κ3) is 7.60. The molecule has 1 saturated carbocycles. The summed E-state index contributed by atoms with van der Waals surface area (Å²) in [7, 11) is 3.74. The Kier molecular flexibility index (Phi) is 10.8. The summed E-state index contributed by atoms with van der Waals surface area (Å²) in [6, 6.07) is 0.227. The summed E-state index contributed by atoms with van der Waals surface area (Å²) in [6.07, 6.45) is 6.63. The van der Waals surface area contributed by atoms with Crippen LogP contribution in [0.25, 0.3) is 0 Å². The number of aliphatic imine (C=N–C) groups is 1. The number of nitrogens with one attached hydrogen (secondary N) is 2. The number of nitrogens with zero attached hydrogens (tertiary/aromatic N) is 3. The van der Waals surface area contributed by atoms with Crippen molar-refractivity contribution in [3.05, 3.63) is 17.0 Å². The van der Waals surface area contributed by atoms with Crippen molar-refractivity contribution in [3.8, 4) is 0 Å². The highest BCUT2D eigenvalue weighted by Crippen LogP contribution is 2.21. The van der Waals surface area contributed by atoms with Crippen molar-refractivity contribution in [1.29, 1.82) is 0 Å². The SMILES string of the molecule is CN=C(NCCCC(=O)OC1CCCC1)NC(C)Cc1c(C)nn(C)c1C.I. The van der Waals surface area contributed by atoms with E-state index in [1.165, 1.54) is 24.1 Å². The Morgan fingerprint density at radius 2 is 2.04 bits per heavy atom. The van der Waals surface area contributed by atoms with Gasteiger partial charge in [-0.25, -0.2) is 0 Å². The van der Waals surface area contributed by atoms with Crippen molar-refractivity contribution < 1.29 is 9.53 Å². The second-order valence-corrected chi connectivity index (χ2v) is 7.52. The van der Waals surface area contributed by atoms with Gasteiger partial charge in [-0.15, -0.1) is 24.0 Å². The largest absolute Gasteiger partial charge is 0.462 e. The van der Waals surface area contributed by atoms with Gasteiger partial charge in [0, 0.05) is 38.8 Å². The molecule has 1 aromatic heterocycles. The number of halogens is 1. The topological polar surface area (TPSA) is 80.5 Å². The van der Waals surface area contributed by atoms with Crippen LogP contribution in [0.5, 0.6) is 0 Å². The summed E-state index contributed by atoms with van der Waals surface area (Å²) in [6.45, 7) is 6.97. The van der Waals surface area contributed by atoms with E-state index in [2.05, 4.69) is 34.6 Å². The minimum absolute atomic E-state index is 0. The van der Waals surface area contributed by atoms with E-state index in [9.17, 15) is 4.79 Å². The fourth-order valence-electron chi connectivity index (χ4n) is 3.59. The lowest BCUT2D eigenvalue weighted by molar-refractivity contribution is -0.148. The van der Waals surface area contributed by atoms with Gasteiger partial charge in [-0.05, 0) is 64.9 Å². The van der Waals surface area contributed by atoms with E-state index in [0.717, 1.165) is 37.3 Å². The van der Waals surface area contributed by atoms with Crippen molar-refractivity contribution in [3.63, 3.8) is 0 Å². The van der Waals surface area contributed by atoms with Gasteiger partial charge in [0.25, 0.3) is 0 Å². The van der Waals surface area contributed by atoms with Gasteiger partial charge in [-0.1, -0.05) is 0 Å². The third-order valence-electron chi connectivity index (χ3n) is 5.23. The highest BCUT2D eigenvalue weighted by atomic mass is 127. The lowest BCUT2D eigenvalue weighted by Crippen LogP contribution is -2.43. The average Bonchev–Trinajstić information content (AvgIpc) is 3.21. The van der Waals surface area contributed by atoms with Crippen LogP contribution in [0.4, 0.5) is 0 Å². The number of ether oxygens (including phenoxy) is 1. The highest BCUT2D eigenvalue weighted by molar-refractivity contribution is 14.0. The summed E-state index contributed by atoms with van der Waals surface area (Å²) in [5.41, 5.74) is 3.56. The number of carbonyl (C=O) groups excluding carboxylic acids is 1. The number of aromatic nitrogens is 2. The van der Waals surface area contributed by atoms with Crippen LogP contribution in [0.2, 0.25) is 0 Å². The number of rotatable bonds is 8. The number of hydrogen-bond donors (Lipinski definition) is 2. The predicted octanol–water partition coefficient (Wildman–Crippen LogP) is 3.02. The molecule has 1 aromatic rings. The monoisotopic (exact) mass is 505 g/mol. The fraction of sp³-hybridized carbons (Fsp3) is 0.750. The molecule has 160 valence electrons. The standard InChI is InChI=1S/C20H35N5O2.HI/c1-14(13-18-15(2)24-25(5)16(18)3)23-20(21-4)22-12-8-11-19(26)27-17-9-6-7-10-17;/h14,17H,6-13H2,1-5H3,(H2,21,22,23);1H. The van der Waals surface area contributed by atoms with E-state index >= 15 is 0 Å². The van der Waals surface area contributed by atoms with Gasteiger partial charge in [0.1, 0.15) is 6.10 Å². The van der Waals surface area contributed by atoms with E-state index in [0.29, 0.717) is 13.0 Å². The van der Waals surface area contributed by atoms with Gasteiger partial charge >= 0.3 is 5.97 Å². The molecule has 0 spiro atoms. The number of aryl methyl sites for hydroxylation is 2. The lowest BCUT2D eigenvalue weighted by atomic mass is 10.1. The molecule has 28 heavy (non-hydrogen) atoms. The van der Waals surface area contributed by atoms with Crippen LogP contribution in [-0.2, 0) is 23.0 Å². The van der Waals surface area contributed by atoms with E-state index in [1.54, 1.807) is 7.05 Å². The van der Waals surface area contributed by atoms with Gasteiger partial charge in [0.2, 0.25) is 0 Å². The fourth-order valence-corrected chi connectivity index (χ4v) is 3.59. The highest BCUT2D eigenvalue weighted by Gasteiger charge is 2.19. The second-order valence-electron chi connectivity index (χ2n) is 7.52. The molecule has 2 rings (SSSR count). The van der Waals surface area contributed by atoms with Gasteiger partial charge in [0.05, 0.1) is 5.69 Å². The Bertz CT molecular complexity index is 653. The summed E-state index contributed by atoms with van der Waals surface area (Å²) in [5.74, 6) is 0.674. The van der Waals surface area contributed by atoms with Crippen LogP contribution >= 0.6 is 24.0 Å². The summed E-state index contributed by atoms with van der Waals surface area (Å²) in [4.78, 5) is 16.1. The van der Waals surface area contributed by atoms with Crippen molar-refractivity contribution >= 4 is 35.9 Å². The van der Waals surface area contributed by atoms with E-state index in [-0.39, 0.29) is 42.1 Å². The maximum atomic E-state index is 11.9. The van der Waals surface area contributed by atoms with Crippen LogP contribution in [0.3, 0.4) is 0 Å². The number of carbonyl (C=O) groups is 1. The summed E-state index contributed by atoms with van der Waals surface area (Å²) < 4.78 is 7.41. The van der Waals surface area contributed by atoms with Gasteiger partial charge < -0.3 is 15.4 Å². The molecule has 0 aromatic carbocycles. The van der Waals surface area contributed by atoms with Crippen molar-refractivity contribution in [2.75, 3.05) is 13.6 Å². The van der Waals surface area contributed by atoms with Crippen molar-refractivity contribution in [2.45, 2.75) is 77.9 Å². The molecule has 0 saturated heterocycles. The first-order valence-electron chi connectivity index (χ1n) is 10.1. The maximum absolute atomic E-state index is 11.9. The van der Waals surface area contributed by atoms with E-state index in [4.69, 9.17) is 4.74 Å². The molecule has 0 radical (unpaired) electrons. The van der Waals surface area contributed by atoms with Gasteiger partial charge in [-0.2, -0.15) is 5.10 Å². The maximum Gasteiger partial charge on any atom is 0.306 e. The Morgan fingerprint density at radius 3 is 2.61 bits per heavy atom. The molecule has 8 heteroatoms. The lowest BCUT2D eigenvalue weighted by Gasteiger charge is -2.18. The number of guanidine groups is 1. The Labute approximate surface area is 186 Å². The second kappa shape index (κ2) is 12.3. The molecule has 1 heterocycles. The molecule has 1 unspecified atom stereocenters. The third-order valence-corrected chi connectivity index (χ3v) is 5.23. The van der Waals surface area contributed by atoms with Gasteiger partial charge in [0.15, 0.2) is 5.96 Å². The predicted molar refractivity (Wildman–Crippen MR) is 123 cm³/mol. The molecular weight excluding hydrogens is 469 g/mol. The van der Waals surface area contributed by atoms with Crippen LogP contribution < -0.4 is 10.6 Å². The first-order valence-corrected chi connectivity index (χ1v) is 10.1. The number of esters is 1. The molecular formula is C20H36IN5O2. The van der Waals surface area contributed by atoms with Crippen molar-refractivity contribution in [1.82, 2.24) is 20.4 Å². The molecule has 1 aliphatic rings. The van der Waals surface area contributed by atoms with Gasteiger partial charge in [-0.3, -0.25) is 14.5 Å². The number of hydrogen-bond acceptors (Lipinski definition) is 4. The molecule has 0 aliphatic heterocycles. The van der Waals surface area contributed by atoms with Crippen LogP contribution in [0.1, 0.15) is 62.4 Å². The van der Waals surface area contributed by atoms with E-state index in [1.807, 2.05) is 18.7 Å². The van der Waals surface area contributed by atoms with Crippen LogP contribution in [-0.4, -0.2) is 47.4 Å². The average molecular weight is 505 g/mol. The first-order chi connectivity index (χ1) is 12.9. The molecule has 1 atom stereocenters. The zero-order valence-corrected chi connectivity index (χ0v) is 20.2. The first kappa shape index (κ1) is 24.7. The van der Waals surface area contributed by atoms with Crippen molar-refractivity contribution in [2.24, 2.45) is 12.0 Å². The van der Waals surface area contributed by atoms with Crippen LogP contribution in [0, 0.1) is 13.8 Å². The molecule has 2 N–H and O–H groups in total. The Morgan fingerprint density at radius 1 is 1.36 bits per heavy atom. The molecule has 0 amide bonds. The summed E-state index contributed by atoms with van der Waals surface area (Å²) in [5, 5.41) is 11.2. The Balaban J connectivity index is 0.00000392. The molecule has 1 aliphatic carbocycles. The summed E-state index contributed by atoms with van der Waals surface area (Å²) >= 11 is 0. The van der Waals surface area contributed by atoms with Crippen LogP contribution in [0.15, 0.2) is 4.99 Å². The van der Waals surface area contributed by atoms with E-state index < -0.39 is 0 Å². The zero-order valence-electron chi connectivity index (χ0n) is 17.9. The Hall–Kier alpha value is -1.32. The quantitative estimate of drug-likeness (QED) is 0.187. The zero-order chi connectivity index (χ0) is 19.8. The molecule has 7 nitrogen and oxygen atoms in total.